The van der Waals surface area contributed by atoms with Gasteiger partial charge in [0.1, 0.15) is 0 Å². The van der Waals surface area contributed by atoms with E-state index in [1.54, 1.807) is 6.92 Å². The molecule has 0 aliphatic carbocycles. The van der Waals surface area contributed by atoms with Crippen LogP contribution in [0.4, 0.5) is 0 Å². The molecule has 1 aliphatic rings. The monoisotopic (exact) mass is 228 g/mol. The number of ether oxygens (including phenoxy) is 3. The maximum Gasteiger partial charge on any atom is 0.330 e. The summed E-state index contributed by atoms with van der Waals surface area (Å²) in [5.74, 6) is -0.312. The molecule has 1 aliphatic heterocycles. The number of hydrogen-bond donors (Lipinski definition) is 0. The van der Waals surface area contributed by atoms with E-state index in [1.165, 1.54) is 6.08 Å². The van der Waals surface area contributed by atoms with Crippen molar-refractivity contribution in [1.82, 2.24) is 0 Å². The average molecular weight is 228 g/mol. The number of rotatable bonds is 5. The molecule has 1 fully saturated rings. The smallest absolute Gasteiger partial charge is 0.330 e. The Morgan fingerprint density at radius 3 is 2.94 bits per heavy atom. The van der Waals surface area contributed by atoms with Gasteiger partial charge in [0.2, 0.25) is 0 Å². The van der Waals surface area contributed by atoms with E-state index in [9.17, 15) is 4.79 Å². The van der Waals surface area contributed by atoms with E-state index in [-0.39, 0.29) is 12.3 Å². The van der Waals surface area contributed by atoms with Crippen LogP contribution >= 0.6 is 0 Å². The molecule has 92 valence electrons. The molecule has 0 aromatic heterocycles. The number of hydrogen-bond acceptors (Lipinski definition) is 4. The molecule has 0 aromatic rings. The van der Waals surface area contributed by atoms with Crippen LogP contribution in [0.3, 0.4) is 0 Å². The zero-order valence-corrected chi connectivity index (χ0v) is 10.0. The van der Waals surface area contributed by atoms with Crippen molar-refractivity contribution in [2.75, 3.05) is 19.8 Å². The maximum absolute atomic E-state index is 11.1. The Balaban J connectivity index is 2.22. The fraction of sp³-hybridized carbons (Fsp3) is 0.750. The summed E-state index contributed by atoms with van der Waals surface area (Å²) in [5.41, 5.74) is 0.854. The third-order valence-corrected chi connectivity index (χ3v) is 2.29. The molecule has 1 saturated heterocycles. The molecular weight excluding hydrogens is 208 g/mol. The van der Waals surface area contributed by atoms with Crippen LogP contribution in [-0.4, -0.2) is 32.1 Å². The first kappa shape index (κ1) is 13.2. The van der Waals surface area contributed by atoms with Crippen molar-refractivity contribution in [2.45, 2.75) is 39.4 Å². The quantitative estimate of drug-likeness (QED) is 0.533. The zero-order valence-electron chi connectivity index (χ0n) is 10.0. The lowest BCUT2D eigenvalue weighted by atomic mass is 10.2. The average Bonchev–Trinajstić information content (AvgIpc) is 2.28. The Hall–Kier alpha value is -0.870. The van der Waals surface area contributed by atoms with Gasteiger partial charge in [-0.2, -0.15) is 0 Å². The third kappa shape index (κ3) is 5.28. The van der Waals surface area contributed by atoms with Gasteiger partial charge in [0.05, 0.1) is 13.2 Å². The van der Waals surface area contributed by atoms with Crippen molar-refractivity contribution in [3.8, 4) is 0 Å². The Labute approximate surface area is 96.6 Å². The van der Waals surface area contributed by atoms with Gasteiger partial charge < -0.3 is 14.2 Å². The summed E-state index contributed by atoms with van der Waals surface area (Å²) < 4.78 is 15.7. The predicted octanol–water partition coefficient (Wildman–Crippen LogP) is 2.04. The second-order valence-corrected chi connectivity index (χ2v) is 3.85. The minimum atomic E-state index is -0.312. The Kier molecular flexibility index (Phi) is 6.11. The lowest BCUT2D eigenvalue weighted by Gasteiger charge is -2.22. The number of carbonyl (C=O) groups is 1. The highest BCUT2D eigenvalue weighted by Gasteiger charge is 2.13. The standard InChI is InChI=1S/C12H20O4/c1-3-14-11(13)8-10(2)9-16-12-6-4-5-7-15-12/h8,12H,3-7,9H2,1-2H3/b10-8-. The van der Waals surface area contributed by atoms with Crippen LogP contribution in [0, 0.1) is 0 Å². The largest absolute Gasteiger partial charge is 0.463 e. The van der Waals surface area contributed by atoms with Gasteiger partial charge in [-0.3, -0.25) is 0 Å². The number of carbonyl (C=O) groups excluding carboxylic acids is 1. The van der Waals surface area contributed by atoms with Gasteiger partial charge in [0.15, 0.2) is 6.29 Å². The molecule has 0 N–H and O–H groups in total. The van der Waals surface area contributed by atoms with Crippen LogP contribution in [0.1, 0.15) is 33.1 Å². The second-order valence-electron chi connectivity index (χ2n) is 3.85. The van der Waals surface area contributed by atoms with Crippen molar-refractivity contribution in [2.24, 2.45) is 0 Å². The van der Waals surface area contributed by atoms with Gasteiger partial charge >= 0.3 is 5.97 Å². The molecular formula is C12H20O4. The summed E-state index contributed by atoms with van der Waals surface area (Å²) in [6, 6.07) is 0. The molecule has 16 heavy (non-hydrogen) atoms. The van der Waals surface area contributed by atoms with Gasteiger partial charge in [-0.15, -0.1) is 0 Å². The van der Waals surface area contributed by atoms with Crippen molar-refractivity contribution in [3.05, 3.63) is 11.6 Å². The van der Waals surface area contributed by atoms with E-state index >= 15 is 0 Å². The Morgan fingerprint density at radius 1 is 1.50 bits per heavy atom. The molecule has 0 bridgehead atoms. The molecule has 4 nitrogen and oxygen atoms in total. The van der Waals surface area contributed by atoms with E-state index < -0.39 is 0 Å². The SMILES string of the molecule is CCOC(=O)/C=C(/C)COC1CCCCO1. The van der Waals surface area contributed by atoms with Crippen molar-refractivity contribution in [3.63, 3.8) is 0 Å². The van der Waals surface area contributed by atoms with Crippen molar-refractivity contribution in [1.29, 1.82) is 0 Å². The fourth-order valence-electron chi connectivity index (χ4n) is 1.49. The van der Waals surface area contributed by atoms with Crippen molar-refractivity contribution < 1.29 is 19.0 Å². The summed E-state index contributed by atoms with van der Waals surface area (Å²) in [6.45, 7) is 5.22. The van der Waals surface area contributed by atoms with Crippen LogP contribution in [0.5, 0.6) is 0 Å². The molecule has 0 amide bonds. The highest BCUT2D eigenvalue weighted by atomic mass is 16.7. The van der Waals surface area contributed by atoms with Crippen LogP contribution in [0.15, 0.2) is 11.6 Å². The molecule has 0 aromatic carbocycles. The fourth-order valence-corrected chi connectivity index (χ4v) is 1.49. The number of esters is 1. The molecule has 1 unspecified atom stereocenters. The minimum Gasteiger partial charge on any atom is -0.463 e. The minimum absolute atomic E-state index is 0.112. The summed E-state index contributed by atoms with van der Waals surface area (Å²) in [5, 5.41) is 0. The normalized spacial score (nSPS) is 21.9. The van der Waals surface area contributed by atoms with Crippen LogP contribution < -0.4 is 0 Å². The van der Waals surface area contributed by atoms with Gasteiger partial charge in [-0.25, -0.2) is 4.79 Å². The van der Waals surface area contributed by atoms with Gasteiger partial charge in [-0.05, 0) is 38.7 Å². The first-order valence-corrected chi connectivity index (χ1v) is 5.79. The van der Waals surface area contributed by atoms with Gasteiger partial charge in [0.25, 0.3) is 0 Å². The summed E-state index contributed by atoms with van der Waals surface area (Å²) >= 11 is 0. The summed E-state index contributed by atoms with van der Waals surface area (Å²) in [6.07, 6.45) is 4.54. The zero-order chi connectivity index (χ0) is 11.8. The summed E-state index contributed by atoms with van der Waals surface area (Å²) in [7, 11) is 0. The first-order chi connectivity index (χ1) is 7.72. The van der Waals surface area contributed by atoms with Gasteiger partial charge in [0, 0.05) is 12.7 Å². The Morgan fingerprint density at radius 2 is 2.31 bits per heavy atom. The van der Waals surface area contributed by atoms with E-state index in [0.29, 0.717) is 13.2 Å². The molecule has 0 saturated carbocycles. The molecule has 1 heterocycles. The summed E-state index contributed by atoms with van der Waals surface area (Å²) in [4.78, 5) is 11.1. The van der Waals surface area contributed by atoms with E-state index in [4.69, 9.17) is 14.2 Å². The van der Waals surface area contributed by atoms with E-state index in [0.717, 1.165) is 31.4 Å². The second kappa shape index (κ2) is 7.41. The lowest BCUT2D eigenvalue weighted by Crippen LogP contribution is -2.23. The highest BCUT2D eigenvalue weighted by molar-refractivity contribution is 5.82. The third-order valence-electron chi connectivity index (χ3n) is 2.29. The van der Waals surface area contributed by atoms with Crippen LogP contribution in [0.2, 0.25) is 0 Å². The van der Waals surface area contributed by atoms with Gasteiger partial charge in [-0.1, -0.05) is 0 Å². The molecule has 4 heteroatoms. The Bertz CT molecular complexity index is 241. The van der Waals surface area contributed by atoms with Crippen LogP contribution in [0.25, 0.3) is 0 Å². The van der Waals surface area contributed by atoms with E-state index in [2.05, 4.69) is 0 Å². The molecule has 0 radical (unpaired) electrons. The lowest BCUT2D eigenvalue weighted by molar-refractivity contribution is -0.157. The maximum atomic E-state index is 11.1. The molecule has 0 spiro atoms. The molecule has 1 rings (SSSR count). The molecule has 1 atom stereocenters. The highest BCUT2D eigenvalue weighted by Crippen LogP contribution is 2.14. The first-order valence-electron chi connectivity index (χ1n) is 5.79. The van der Waals surface area contributed by atoms with Crippen molar-refractivity contribution >= 4 is 5.97 Å². The van der Waals surface area contributed by atoms with E-state index in [1.807, 2.05) is 6.92 Å². The van der Waals surface area contributed by atoms with Crippen LogP contribution in [-0.2, 0) is 19.0 Å². The topological polar surface area (TPSA) is 44.8 Å². The predicted molar refractivity (Wildman–Crippen MR) is 59.9 cm³/mol.